The Bertz CT molecular complexity index is 558. The van der Waals surface area contributed by atoms with E-state index in [2.05, 4.69) is 5.32 Å². The number of halogens is 2. The van der Waals surface area contributed by atoms with Gasteiger partial charge in [0.1, 0.15) is 5.60 Å². The zero-order valence-corrected chi connectivity index (χ0v) is 15.4. The molecule has 0 spiro atoms. The quantitative estimate of drug-likeness (QED) is 0.807. The van der Waals surface area contributed by atoms with Crippen molar-refractivity contribution in [2.75, 3.05) is 18.4 Å². The van der Waals surface area contributed by atoms with Crippen molar-refractivity contribution in [3.8, 4) is 0 Å². The van der Waals surface area contributed by atoms with Crippen LogP contribution in [0.3, 0.4) is 0 Å². The third-order valence-corrected chi connectivity index (χ3v) is 4.26. The van der Waals surface area contributed by atoms with E-state index in [1.54, 1.807) is 12.1 Å². The number of nitrogens with zero attached hydrogens (tertiary/aromatic N) is 1. The molecule has 0 aromatic heterocycles. The zero-order valence-electron chi connectivity index (χ0n) is 13.9. The first-order valence-corrected chi connectivity index (χ1v) is 8.70. The van der Waals surface area contributed by atoms with Crippen LogP contribution >= 0.6 is 23.2 Å². The lowest BCUT2D eigenvalue weighted by atomic mass is 10.0. The molecule has 4 nitrogen and oxygen atoms in total. The average molecular weight is 359 g/mol. The molecule has 0 saturated carbocycles. The molecule has 0 bridgehead atoms. The van der Waals surface area contributed by atoms with Gasteiger partial charge in [0.05, 0.1) is 16.8 Å². The highest BCUT2D eigenvalue weighted by atomic mass is 35.5. The molecule has 1 fully saturated rings. The Kier molecular flexibility index (Phi) is 6.04. The van der Waals surface area contributed by atoms with Crippen molar-refractivity contribution in [1.29, 1.82) is 0 Å². The molecular formula is C17H24Cl2N2O2. The lowest BCUT2D eigenvalue weighted by molar-refractivity contribution is 0.0114. The van der Waals surface area contributed by atoms with Crippen LogP contribution in [-0.2, 0) is 4.74 Å². The molecule has 0 aliphatic carbocycles. The normalized spacial score (nSPS) is 18.7. The first kappa shape index (κ1) is 18.2. The van der Waals surface area contributed by atoms with Crippen molar-refractivity contribution >= 4 is 35.0 Å². The van der Waals surface area contributed by atoms with Gasteiger partial charge in [0, 0.05) is 18.1 Å². The number of amides is 1. The molecule has 23 heavy (non-hydrogen) atoms. The summed E-state index contributed by atoms with van der Waals surface area (Å²) in [5.74, 6) is 0. The Hall–Kier alpha value is -1.13. The summed E-state index contributed by atoms with van der Waals surface area (Å²) in [7, 11) is 0. The highest BCUT2D eigenvalue weighted by molar-refractivity contribution is 6.36. The first-order valence-electron chi connectivity index (χ1n) is 7.95. The molecule has 1 aliphatic rings. The summed E-state index contributed by atoms with van der Waals surface area (Å²) >= 11 is 12.1. The minimum absolute atomic E-state index is 0.102. The molecular weight excluding hydrogens is 335 g/mol. The predicted octanol–water partition coefficient (Wildman–Crippen LogP) is 5.19. The molecule has 128 valence electrons. The van der Waals surface area contributed by atoms with Gasteiger partial charge in [0.2, 0.25) is 0 Å². The van der Waals surface area contributed by atoms with E-state index in [0.717, 1.165) is 31.5 Å². The van der Waals surface area contributed by atoms with Crippen molar-refractivity contribution in [3.05, 3.63) is 28.2 Å². The van der Waals surface area contributed by atoms with Gasteiger partial charge in [-0.15, -0.1) is 0 Å². The number of rotatable bonds is 3. The maximum Gasteiger partial charge on any atom is 0.410 e. The second kappa shape index (κ2) is 7.63. The zero-order chi connectivity index (χ0) is 17.0. The third-order valence-electron chi connectivity index (χ3n) is 3.71. The highest BCUT2D eigenvalue weighted by Gasteiger charge is 2.30. The Morgan fingerprint density at radius 2 is 2.09 bits per heavy atom. The van der Waals surface area contributed by atoms with Gasteiger partial charge in [-0.05, 0) is 58.2 Å². The molecule has 1 amide bonds. The minimum Gasteiger partial charge on any atom is -0.444 e. The molecule has 2 rings (SSSR count). The molecule has 1 atom stereocenters. The van der Waals surface area contributed by atoms with E-state index in [1.165, 1.54) is 0 Å². The van der Waals surface area contributed by atoms with Gasteiger partial charge in [0.15, 0.2) is 0 Å². The van der Waals surface area contributed by atoms with Crippen molar-refractivity contribution < 1.29 is 9.53 Å². The molecule has 1 heterocycles. The summed E-state index contributed by atoms with van der Waals surface area (Å²) in [4.78, 5) is 14.2. The number of hydrogen-bond acceptors (Lipinski definition) is 3. The summed E-state index contributed by atoms with van der Waals surface area (Å²) in [6, 6.07) is 5.45. The van der Waals surface area contributed by atoms with Gasteiger partial charge in [-0.1, -0.05) is 23.2 Å². The number of likely N-dealkylation sites (tertiary alicyclic amines) is 1. The Morgan fingerprint density at radius 1 is 1.35 bits per heavy atom. The van der Waals surface area contributed by atoms with Gasteiger partial charge in [-0.25, -0.2) is 4.79 Å². The molecule has 1 aliphatic heterocycles. The van der Waals surface area contributed by atoms with Crippen LogP contribution in [0.4, 0.5) is 10.5 Å². The van der Waals surface area contributed by atoms with E-state index in [-0.39, 0.29) is 12.1 Å². The summed E-state index contributed by atoms with van der Waals surface area (Å²) in [6.45, 7) is 7.02. The Morgan fingerprint density at radius 3 is 2.74 bits per heavy atom. The van der Waals surface area contributed by atoms with Crippen molar-refractivity contribution in [2.24, 2.45) is 0 Å². The van der Waals surface area contributed by atoms with Crippen LogP contribution in [0.5, 0.6) is 0 Å². The van der Waals surface area contributed by atoms with Crippen LogP contribution in [0.15, 0.2) is 18.2 Å². The van der Waals surface area contributed by atoms with Crippen molar-refractivity contribution in [2.45, 2.75) is 51.7 Å². The van der Waals surface area contributed by atoms with E-state index in [0.29, 0.717) is 16.6 Å². The fraction of sp³-hybridized carbons (Fsp3) is 0.588. The smallest absolute Gasteiger partial charge is 0.410 e. The maximum atomic E-state index is 12.4. The lowest BCUT2D eigenvalue weighted by Crippen LogP contribution is -2.48. The SMILES string of the molecule is CC(C)(C)OC(=O)N1CCCCC1CNc1ccc(Cl)cc1Cl. The van der Waals surface area contributed by atoms with Crippen LogP contribution in [-0.4, -0.2) is 35.7 Å². The number of carbonyl (C=O) groups is 1. The maximum absolute atomic E-state index is 12.4. The molecule has 1 saturated heterocycles. The number of piperidine rings is 1. The van der Waals surface area contributed by atoms with Crippen LogP contribution in [0.25, 0.3) is 0 Å². The van der Waals surface area contributed by atoms with Gasteiger partial charge in [-0.3, -0.25) is 0 Å². The van der Waals surface area contributed by atoms with Gasteiger partial charge in [0.25, 0.3) is 0 Å². The first-order chi connectivity index (χ1) is 10.8. The fourth-order valence-corrected chi connectivity index (χ4v) is 3.11. The topological polar surface area (TPSA) is 41.6 Å². The number of hydrogen-bond donors (Lipinski definition) is 1. The largest absolute Gasteiger partial charge is 0.444 e. The minimum atomic E-state index is -0.480. The lowest BCUT2D eigenvalue weighted by Gasteiger charge is -2.37. The van der Waals surface area contributed by atoms with Crippen molar-refractivity contribution in [3.63, 3.8) is 0 Å². The number of anilines is 1. The van der Waals surface area contributed by atoms with Gasteiger partial charge in [-0.2, -0.15) is 0 Å². The van der Waals surface area contributed by atoms with Crippen molar-refractivity contribution in [1.82, 2.24) is 4.90 Å². The third kappa shape index (κ3) is 5.47. The molecule has 0 radical (unpaired) electrons. The summed E-state index contributed by atoms with van der Waals surface area (Å²) in [5.41, 5.74) is 0.345. The number of nitrogens with one attached hydrogen (secondary N) is 1. The number of ether oxygens (including phenoxy) is 1. The monoisotopic (exact) mass is 358 g/mol. The van der Waals surface area contributed by atoms with Crippen LogP contribution in [0, 0.1) is 0 Å². The van der Waals surface area contributed by atoms with E-state index in [4.69, 9.17) is 27.9 Å². The van der Waals surface area contributed by atoms with Gasteiger partial charge < -0.3 is 15.0 Å². The molecule has 1 aromatic carbocycles. The second-order valence-electron chi connectivity index (χ2n) is 6.83. The summed E-state index contributed by atoms with van der Waals surface area (Å²) < 4.78 is 5.51. The van der Waals surface area contributed by atoms with E-state index in [1.807, 2.05) is 31.7 Å². The van der Waals surface area contributed by atoms with Crippen LogP contribution in [0.2, 0.25) is 10.0 Å². The van der Waals surface area contributed by atoms with Crippen LogP contribution < -0.4 is 5.32 Å². The Balaban J connectivity index is 1.99. The number of carbonyl (C=O) groups excluding carboxylic acids is 1. The molecule has 1 unspecified atom stereocenters. The highest BCUT2D eigenvalue weighted by Crippen LogP contribution is 2.26. The fourth-order valence-electron chi connectivity index (χ4n) is 2.63. The summed E-state index contributed by atoms with van der Waals surface area (Å²) in [6.07, 6.45) is 2.83. The van der Waals surface area contributed by atoms with E-state index < -0.39 is 5.60 Å². The number of benzene rings is 1. The molecule has 1 N–H and O–H groups in total. The summed E-state index contributed by atoms with van der Waals surface area (Å²) in [5, 5.41) is 4.50. The predicted molar refractivity (Wildman–Crippen MR) is 95.5 cm³/mol. The second-order valence-corrected chi connectivity index (χ2v) is 7.67. The van der Waals surface area contributed by atoms with E-state index in [9.17, 15) is 4.79 Å². The standard InChI is InChI=1S/C17H24Cl2N2O2/c1-17(2,3)23-16(22)21-9-5-4-6-13(21)11-20-15-8-7-12(18)10-14(15)19/h7-8,10,13,20H,4-6,9,11H2,1-3H3. The molecule has 1 aromatic rings. The van der Waals surface area contributed by atoms with Gasteiger partial charge >= 0.3 is 6.09 Å². The molecule has 6 heteroatoms. The average Bonchev–Trinajstić information content (AvgIpc) is 2.45. The van der Waals surface area contributed by atoms with E-state index >= 15 is 0 Å². The van der Waals surface area contributed by atoms with Crippen LogP contribution in [0.1, 0.15) is 40.0 Å². The Labute approximate surface area is 148 Å².